The second-order valence-electron chi connectivity index (χ2n) is 4.48. The van der Waals surface area contributed by atoms with Crippen LogP contribution in [0.4, 0.5) is 5.69 Å². The Hall–Kier alpha value is -2.27. The van der Waals surface area contributed by atoms with Crippen molar-refractivity contribution < 1.29 is 9.90 Å². The molecule has 0 atom stereocenters. The van der Waals surface area contributed by atoms with Gasteiger partial charge in [0.25, 0.3) is 5.91 Å². The Kier molecular flexibility index (Phi) is 2.99. The average Bonchev–Trinajstić information content (AvgIpc) is 2.74. The molecule has 1 amide bonds. The number of phenols is 1. The van der Waals surface area contributed by atoms with Gasteiger partial charge in [0.05, 0.1) is 11.3 Å². The van der Waals surface area contributed by atoms with Gasteiger partial charge in [0.1, 0.15) is 5.75 Å². The fourth-order valence-corrected chi connectivity index (χ4v) is 2.55. The molecule has 0 aliphatic carbocycles. The summed E-state index contributed by atoms with van der Waals surface area (Å²) in [5, 5.41) is 12.1. The molecule has 1 aliphatic rings. The molecular formula is C15H11BrN2O2. The van der Waals surface area contributed by atoms with Gasteiger partial charge in [0.15, 0.2) is 0 Å². The summed E-state index contributed by atoms with van der Waals surface area (Å²) in [6, 6.07) is 12.0. The van der Waals surface area contributed by atoms with E-state index in [-0.39, 0.29) is 11.7 Å². The van der Waals surface area contributed by atoms with Crippen molar-refractivity contribution in [3.63, 3.8) is 0 Å². The fraction of sp³-hybridized carbons (Fsp3) is 0. The van der Waals surface area contributed by atoms with Crippen LogP contribution >= 0.6 is 15.9 Å². The molecule has 0 fully saturated rings. The molecule has 0 unspecified atom stereocenters. The van der Waals surface area contributed by atoms with E-state index in [1.54, 1.807) is 12.1 Å². The fourth-order valence-electron chi connectivity index (χ4n) is 2.19. The zero-order valence-electron chi connectivity index (χ0n) is 10.4. The molecule has 20 heavy (non-hydrogen) atoms. The molecule has 5 heteroatoms. The highest BCUT2D eigenvalue weighted by Crippen LogP contribution is 2.36. The second kappa shape index (κ2) is 4.68. The van der Waals surface area contributed by atoms with E-state index in [1.807, 2.05) is 18.2 Å². The molecule has 1 aliphatic heterocycles. The highest BCUT2D eigenvalue weighted by atomic mass is 79.9. The van der Waals surface area contributed by atoms with Crippen molar-refractivity contribution in [3.8, 4) is 5.75 Å². The molecule has 0 saturated heterocycles. The molecule has 100 valence electrons. The number of amides is 1. The molecule has 4 nitrogen and oxygen atoms in total. The first-order valence-electron chi connectivity index (χ1n) is 5.96. The van der Waals surface area contributed by atoms with E-state index in [0.717, 1.165) is 15.7 Å². The van der Waals surface area contributed by atoms with Crippen LogP contribution in [0.5, 0.6) is 5.75 Å². The van der Waals surface area contributed by atoms with Crippen molar-refractivity contribution >= 4 is 38.8 Å². The number of hydrogen-bond donors (Lipinski definition) is 3. The van der Waals surface area contributed by atoms with E-state index in [0.29, 0.717) is 16.8 Å². The Morgan fingerprint density at radius 1 is 1.15 bits per heavy atom. The average molecular weight is 331 g/mol. The minimum absolute atomic E-state index is 0.158. The molecule has 2 aromatic rings. The maximum Gasteiger partial charge on any atom is 0.258 e. The lowest BCUT2D eigenvalue weighted by Gasteiger charge is -2.06. The smallest absolute Gasteiger partial charge is 0.258 e. The van der Waals surface area contributed by atoms with Gasteiger partial charge in [-0.1, -0.05) is 15.9 Å². The van der Waals surface area contributed by atoms with E-state index in [2.05, 4.69) is 21.2 Å². The number of phenolic OH excluding ortho intramolecular Hbond substituents is 1. The molecule has 0 radical (unpaired) electrons. The lowest BCUT2D eigenvalue weighted by Crippen LogP contribution is -2.09. The molecule has 0 bridgehead atoms. The summed E-state index contributed by atoms with van der Waals surface area (Å²) in [5.74, 6) is -0.0609. The van der Waals surface area contributed by atoms with Crippen LogP contribution in [0, 0.1) is 0 Å². The summed E-state index contributed by atoms with van der Waals surface area (Å²) in [4.78, 5) is 12.1. The summed E-state index contributed by atoms with van der Waals surface area (Å²) in [6.07, 6.45) is 0. The van der Waals surface area contributed by atoms with Gasteiger partial charge >= 0.3 is 0 Å². The first-order valence-corrected chi connectivity index (χ1v) is 6.76. The van der Waals surface area contributed by atoms with Gasteiger partial charge < -0.3 is 16.2 Å². The third kappa shape index (κ3) is 2.06. The van der Waals surface area contributed by atoms with Gasteiger partial charge in [-0.2, -0.15) is 0 Å². The lowest BCUT2D eigenvalue weighted by molar-refractivity contribution is -0.110. The number of nitrogens with two attached hydrogens (primary N) is 1. The Morgan fingerprint density at radius 2 is 1.85 bits per heavy atom. The number of nitrogens with one attached hydrogen (secondary N) is 1. The molecule has 3 rings (SSSR count). The standard InChI is InChI=1S/C15H11BrN2O2/c16-9-3-6-12-11(7-9)13(15(20)18-12)14(17)8-1-4-10(19)5-2-8/h1-7,19H,17H2,(H,18,20)/b14-13+. The zero-order valence-corrected chi connectivity index (χ0v) is 11.9. The van der Waals surface area contributed by atoms with E-state index in [4.69, 9.17) is 5.73 Å². The molecule has 0 spiro atoms. The summed E-state index contributed by atoms with van der Waals surface area (Å²) in [5.41, 5.74) is 9.18. The van der Waals surface area contributed by atoms with Crippen molar-refractivity contribution in [2.24, 2.45) is 5.73 Å². The van der Waals surface area contributed by atoms with Crippen LogP contribution in [0.25, 0.3) is 11.3 Å². The third-order valence-corrected chi connectivity index (χ3v) is 3.67. The maximum atomic E-state index is 12.1. The number of carbonyl (C=O) groups is 1. The van der Waals surface area contributed by atoms with Crippen LogP contribution in [0.2, 0.25) is 0 Å². The molecular weight excluding hydrogens is 320 g/mol. The summed E-state index contributed by atoms with van der Waals surface area (Å²) in [7, 11) is 0. The maximum absolute atomic E-state index is 12.1. The first kappa shape index (κ1) is 12.7. The second-order valence-corrected chi connectivity index (χ2v) is 5.40. The minimum Gasteiger partial charge on any atom is -0.508 e. The highest BCUT2D eigenvalue weighted by Gasteiger charge is 2.27. The van der Waals surface area contributed by atoms with Crippen molar-refractivity contribution in [2.75, 3.05) is 5.32 Å². The number of anilines is 1. The molecule has 0 saturated carbocycles. The van der Waals surface area contributed by atoms with Crippen LogP contribution in [0.1, 0.15) is 11.1 Å². The van der Waals surface area contributed by atoms with Gasteiger partial charge in [-0.15, -0.1) is 0 Å². The third-order valence-electron chi connectivity index (χ3n) is 3.17. The molecule has 1 heterocycles. The van der Waals surface area contributed by atoms with Crippen LogP contribution in [-0.2, 0) is 4.79 Å². The number of hydrogen-bond acceptors (Lipinski definition) is 3. The van der Waals surface area contributed by atoms with Crippen molar-refractivity contribution in [3.05, 3.63) is 58.1 Å². The Bertz CT molecular complexity index is 736. The van der Waals surface area contributed by atoms with E-state index in [9.17, 15) is 9.90 Å². The number of carbonyl (C=O) groups excluding carboxylic acids is 1. The normalized spacial score (nSPS) is 15.8. The zero-order chi connectivity index (χ0) is 14.3. The summed E-state index contributed by atoms with van der Waals surface area (Å²) < 4.78 is 0.878. The van der Waals surface area contributed by atoms with Crippen LogP contribution in [-0.4, -0.2) is 11.0 Å². The summed E-state index contributed by atoms with van der Waals surface area (Å²) >= 11 is 3.39. The van der Waals surface area contributed by atoms with Crippen LogP contribution < -0.4 is 11.1 Å². The van der Waals surface area contributed by atoms with Crippen LogP contribution in [0.15, 0.2) is 46.9 Å². The quantitative estimate of drug-likeness (QED) is 0.703. The van der Waals surface area contributed by atoms with E-state index in [1.165, 1.54) is 12.1 Å². The molecule has 0 aromatic heterocycles. The number of fused-ring (bicyclic) bond motifs is 1. The van der Waals surface area contributed by atoms with Gasteiger partial charge in [-0.05, 0) is 48.0 Å². The highest BCUT2D eigenvalue weighted by molar-refractivity contribution is 9.10. The molecule has 4 N–H and O–H groups in total. The Morgan fingerprint density at radius 3 is 2.55 bits per heavy atom. The van der Waals surface area contributed by atoms with Gasteiger partial charge in [0, 0.05) is 15.7 Å². The van der Waals surface area contributed by atoms with Crippen molar-refractivity contribution in [1.29, 1.82) is 0 Å². The van der Waals surface area contributed by atoms with Crippen molar-refractivity contribution in [1.82, 2.24) is 0 Å². The number of aromatic hydroxyl groups is 1. The van der Waals surface area contributed by atoms with Crippen molar-refractivity contribution in [2.45, 2.75) is 0 Å². The first-order chi connectivity index (χ1) is 9.56. The predicted octanol–water partition coefficient (Wildman–Crippen LogP) is 2.93. The topological polar surface area (TPSA) is 75.4 Å². The Balaban J connectivity index is 2.18. The lowest BCUT2D eigenvalue weighted by atomic mass is 10.0. The monoisotopic (exact) mass is 330 g/mol. The molecule has 2 aromatic carbocycles. The largest absolute Gasteiger partial charge is 0.508 e. The van der Waals surface area contributed by atoms with E-state index >= 15 is 0 Å². The van der Waals surface area contributed by atoms with Gasteiger partial charge in [-0.25, -0.2) is 0 Å². The number of benzene rings is 2. The number of halogens is 1. The van der Waals surface area contributed by atoms with Gasteiger partial charge in [-0.3, -0.25) is 4.79 Å². The van der Waals surface area contributed by atoms with E-state index < -0.39 is 0 Å². The minimum atomic E-state index is -0.219. The van der Waals surface area contributed by atoms with Gasteiger partial charge in [0.2, 0.25) is 0 Å². The van der Waals surface area contributed by atoms with Crippen LogP contribution in [0.3, 0.4) is 0 Å². The predicted molar refractivity (Wildman–Crippen MR) is 81.9 cm³/mol. The summed E-state index contributed by atoms with van der Waals surface area (Å²) in [6.45, 7) is 0. The number of rotatable bonds is 1. The SMILES string of the molecule is N/C(=C1/C(=O)Nc2ccc(Br)cc21)c1ccc(O)cc1. The Labute approximate surface area is 124 Å².